The largest absolute Gasteiger partial charge is 0.373 e. The lowest BCUT2D eigenvalue weighted by Gasteiger charge is -2.03. The predicted molar refractivity (Wildman–Crippen MR) is 186 cm³/mol. The molecule has 4 bridgehead atoms. The maximum atomic E-state index is 5.09. The molecule has 8 heteroatoms. The van der Waals surface area contributed by atoms with Crippen LogP contribution >= 0.6 is 0 Å². The first-order valence-corrected chi connectivity index (χ1v) is 15.1. The van der Waals surface area contributed by atoms with Gasteiger partial charge in [0.1, 0.15) is 17.1 Å². The molecule has 6 rings (SSSR count). The highest BCUT2D eigenvalue weighted by molar-refractivity contribution is 5.96. The maximum absolute atomic E-state index is 5.09. The number of hydrogen-bond donors (Lipinski definition) is 2. The van der Waals surface area contributed by atoms with Gasteiger partial charge < -0.3 is 10.3 Å². The highest BCUT2D eigenvalue weighted by Crippen LogP contribution is 2.31. The second kappa shape index (κ2) is 13.0. The number of allylic oxidation sites excluding steroid dienone is 7. The van der Waals surface area contributed by atoms with Crippen LogP contribution in [0.5, 0.6) is 0 Å². The van der Waals surface area contributed by atoms with E-state index >= 15 is 0 Å². The summed E-state index contributed by atoms with van der Waals surface area (Å²) in [6, 6.07) is 16.0. The summed E-state index contributed by atoms with van der Waals surface area (Å²) in [4.78, 5) is 33.0. The minimum absolute atomic E-state index is 0.363. The van der Waals surface area contributed by atoms with Crippen LogP contribution in [-0.4, -0.2) is 44.0 Å². The van der Waals surface area contributed by atoms with Gasteiger partial charge in [0, 0.05) is 70.3 Å². The van der Waals surface area contributed by atoms with Crippen molar-refractivity contribution < 1.29 is 0 Å². The number of nitrogens with one attached hydrogen (secondary N) is 2. The Balaban J connectivity index is 1.81. The highest BCUT2D eigenvalue weighted by atomic mass is 15.0. The molecule has 0 unspecified atom stereocenters. The summed E-state index contributed by atoms with van der Waals surface area (Å²) in [6.45, 7) is 6.36. The number of nitrogens with zero attached hydrogens (tertiary/aromatic N) is 6. The molecule has 8 nitrogen and oxygen atoms in total. The average Bonchev–Trinajstić information content (AvgIpc) is 3.39. The molecule has 4 aromatic rings. The lowest BCUT2D eigenvalue weighted by atomic mass is 10.1. The standard InChI is InChI=1S/C37H36N8/c1-23(2)19-20-27-24(3)32-42-36(27)44-34(39-5)29-16-12-10-14-26(29)21-40-33(38-4)28-15-11-9-13-25(28)22-41-35-30-17-7-6-8-18-31(30)37(43-32)45-35/h6-16,18-23,45H,17H2,1-5H3,(H,39,42,43,44)/b20-19-,38-33?,40-21?,41-22?. The smallest absolute Gasteiger partial charge is 0.164 e. The van der Waals surface area contributed by atoms with E-state index < -0.39 is 0 Å². The summed E-state index contributed by atoms with van der Waals surface area (Å²) in [5.41, 5.74) is 6.02. The summed E-state index contributed by atoms with van der Waals surface area (Å²) in [5, 5.41) is 6.88. The first-order chi connectivity index (χ1) is 22.0. The minimum atomic E-state index is 0.363. The number of anilines is 1. The van der Waals surface area contributed by atoms with Crippen molar-refractivity contribution in [3.8, 4) is 0 Å². The monoisotopic (exact) mass is 592 g/mol. The number of hydrogen-bond acceptors (Lipinski definition) is 7. The Morgan fingerprint density at radius 1 is 0.867 bits per heavy atom. The molecule has 0 atom stereocenters. The zero-order valence-corrected chi connectivity index (χ0v) is 26.2. The van der Waals surface area contributed by atoms with Gasteiger partial charge in [0.15, 0.2) is 17.1 Å². The Kier molecular flexibility index (Phi) is 8.55. The zero-order chi connectivity index (χ0) is 31.3. The zero-order valence-electron chi connectivity index (χ0n) is 26.2. The van der Waals surface area contributed by atoms with E-state index in [1.165, 1.54) is 0 Å². The summed E-state index contributed by atoms with van der Waals surface area (Å²) < 4.78 is 0. The number of aromatic nitrogens is 6. The van der Waals surface area contributed by atoms with Crippen LogP contribution in [0.1, 0.15) is 43.5 Å². The molecule has 2 aliphatic rings. The van der Waals surface area contributed by atoms with Crippen LogP contribution in [0.2, 0.25) is 0 Å². The van der Waals surface area contributed by atoms with Crippen molar-refractivity contribution in [3.63, 3.8) is 0 Å². The fourth-order valence-corrected chi connectivity index (χ4v) is 5.35. The van der Waals surface area contributed by atoms with Gasteiger partial charge in [-0.25, -0.2) is 24.9 Å². The van der Waals surface area contributed by atoms with Gasteiger partial charge in [0.2, 0.25) is 0 Å². The molecular weight excluding hydrogens is 556 g/mol. The van der Waals surface area contributed by atoms with E-state index in [2.05, 4.69) is 59.5 Å². The molecule has 1 aliphatic carbocycles. The van der Waals surface area contributed by atoms with E-state index in [9.17, 15) is 0 Å². The summed E-state index contributed by atoms with van der Waals surface area (Å²) in [7, 11) is 3.62. The van der Waals surface area contributed by atoms with E-state index in [0.717, 1.165) is 55.9 Å². The van der Waals surface area contributed by atoms with Crippen molar-refractivity contribution in [1.82, 2.24) is 29.9 Å². The van der Waals surface area contributed by atoms with E-state index in [-0.39, 0.29) is 0 Å². The fraction of sp³-hybridized carbons (Fsp3) is 0.189. The molecule has 0 fully saturated rings. The normalized spacial score (nSPS) is 13.8. The van der Waals surface area contributed by atoms with Crippen molar-refractivity contribution in [2.75, 3.05) is 19.4 Å². The van der Waals surface area contributed by atoms with Gasteiger partial charge in [-0.3, -0.25) is 4.99 Å². The van der Waals surface area contributed by atoms with Gasteiger partial charge in [-0.1, -0.05) is 98.8 Å². The molecule has 0 amide bonds. The van der Waals surface area contributed by atoms with Crippen LogP contribution in [0.3, 0.4) is 0 Å². The summed E-state index contributed by atoms with van der Waals surface area (Å²) in [6.07, 6.45) is 17.0. The van der Waals surface area contributed by atoms with Crippen molar-refractivity contribution >= 4 is 55.9 Å². The molecule has 3 heterocycles. The van der Waals surface area contributed by atoms with Crippen LogP contribution in [0.15, 0.2) is 96.3 Å². The average molecular weight is 593 g/mol. The van der Waals surface area contributed by atoms with Crippen molar-refractivity contribution in [2.24, 2.45) is 10.9 Å². The third kappa shape index (κ3) is 6.13. The van der Waals surface area contributed by atoms with Crippen LogP contribution in [0.25, 0.3) is 50.1 Å². The molecule has 1 aliphatic heterocycles. The summed E-state index contributed by atoms with van der Waals surface area (Å²) >= 11 is 0. The quantitative estimate of drug-likeness (QED) is 0.257. The lowest BCUT2D eigenvalue weighted by molar-refractivity contribution is 0.832. The van der Waals surface area contributed by atoms with E-state index in [4.69, 9.17) is 24.9 Å². The second-order valence-corrected chi connectivity index (χ2v) is 11.2. The lowest BCUT2D eigenvalue weighted by Crippen LogP contribution is -2.05. The topological polar surface area (TPSA) is 105 Å². The SMILES string of the molecule is CN=c1ncc2ccccc2c(NC)nc2nc(nc3[nH]c(ncc4ccccc14)c1c3C=CC=CC1)C(C)=C2/C=C\C(C)C. The molecule has 2 aromatic carbocycles. The molecular formula is C37H36N8. The Hall–Kier alpha value is -5.50. The third-order valence-electron chi connectivity index (χ3n) is 7.74. The van der Waals surface area contributed by atoms with Gasteiger partial charge in [0.05, 0.1) is 0 Å². The van der Waals surface area contributed by atoms with Crippen LogP contribution in [0, 0.1) is 5.92 Å². The number of rotatable bonds is 3. The van der Waals surface area contributed by atoms with Gasteiger partial charge in [-0.05, 0) is 19.3 Å². The molecule has 0 radical (unpaired) electrons. The van der Waals surface area contributed by atoms with Crippen molar-refractivity contribution in [2.45, 2.75) is 27.2 Å². The predicted octanol–water partition coefficient (Wildman–Crippen LogP) is 7.41. The molecule has 224 valence electrons. The van der Waals surface area contributed by atoms with Gasteiger partial charge in [0.25, 0.3) is 0 Å². The number of benzene rings is 2. The number of fused-ring (bicyclic) bond motifs is 9. The molecule has 0 saturated carbocycles. The number of aromatic amines is 1. The first-order valence-electron chi connectivity index (χ1n) is 15.1. The van der Waals surface area contributed by atoms with Crippen molar-refractivity contribution in [1.29, 1.82) is 0 Å². The number of H-pyrrole nitrogens is 1. The van der Waals surface area contributed by atoms with Crippen LogP contribution in [-0.2, 0) is 6.42 Å². The summed E-state index contributed by atoms with van der Waals surface area (Å²) in [5.74, 6) is 2.25. The maximum Gasteiger partial charge on any atom is 0.164 e. The first kappa shape index (κ1) is 29.6. The molecule has 0 saturated heterocycles. The Labute approximate surface area is 262 Å². The Morgan fingerprint density at radius 3 is 2.36 bits per heavy atom. The minimum Gasteiger partial charge on any atom is -0.373 e. The van der Waals surface area contributed by atoms with Gasteiger partial charge >= 0.3 is 0 Å². The molecule has 2 N–H and O–H groups in total. The van der Waals surface area contributed by atoms with E-state index in [0.29, 0.717) is 34.5 Å². The van der Waals surface area contributed by atoms with Gasteiger partial charge in [-0.2, -0.15) is 0 Å². The fourth-order valence-electron chi connectivity index (χ4n) is 5.35. The van der Waals surface area contributed by atoms with Crippen LogP contribution in [0.4, 0.5) is 5.82 Å². The Morgan fingerprint density at radius 2 is 1.60 bits per heavy atom. The van der Waals surface area contributed by atoms with Crippen LogP contribution < -0.4 is 10.8 Å². The molecule has 45 heavy (non-hydrogen) atoms. The second-order valence-electron chi connectivity index (χ2n) is 11.2. The van der Waals surface area contributed by atoms with Gasteiger partial charge in [-0.15, -0.1) is 0 Å². The van der Waals surface area contributed by atoms with Crippen molar-refractivity contribution in [3.05, 3.63) is 120 Å². The molecule has 0 spiro atoms. The third-order valence-corrected chi connectivity index (χ3v) is 7.74. The highest BCUT2D eigenvalue weighted by Gasteiger charge is 2.19. The van der Waals surface area contributed by atoms with E-state index in [1.807, 2.05) is 81.0 Å². The Bertz CT molecular complexity index is 2180. The molecule has 2 aromatic heterocycles. The van der Waals surface area contributed by atoms with E-state index in [1.54, 1.807) is 7.05 Å².